The van der Waals surface area contributed by atoms with Crippen LogP contribution in [-0.2, 0) is 6.54 Å². The molecule has 2 aromatic heterocycles. The molecule has 0 bridgehead atoms. The van der Waals surface area contributed by atoms with Crippen molar-refractivity contribution < 1.29 is 14.0 Å². The predicted molar refractivity (Wildman–Crippen MR) is 82.6 cm³/mol. The third-order valence-electron chi connectivity index (χ3n) is 3.61. The molecule has 0 saturated carbocycles. The van der Waals surface area contributed by atoms with E-state index in [1.165, 1.54) is 0 Å². The molecule has 1 aromatic carbocycles. The number of aromatic nitrogens is 4. The van der Waals surface area contributed by atoms with Crippen LogP contribution in [0.15, 0.2) is 28.9 Å². The van der Waals surface area contributed by atoms with Crippen LogP contribution in [0.3, 0.4) is 0 Å². The van der Waals surface area contributed by atoms with Gasteiger partial charge in [-0.2, -0.15) is 10.1 Å². The number of hydrogen-bond donors (Lipinski definition) is 0. The zero-order valence-corrected chi connectivity index (χ0v) is 13.1. The summed E-state index contributed by atoms with van der Waals surface area (Å²) in [6.07, 6.45) is 2.61. The third kappa shape index (κ3) is 2.33. The van der Waals surface area contributed by atoms with Crippen molar-refractivity contribution in [2.45, 2.75) is 13.0 Å². The largest absolute Gasteiger partial charge is 0.494 e. The maximum Gasteiger partial charge on any atom is 0.265 e. The van der Waals surface area contributed by atoms with Crippen molar-refractivity contribution in [3.63, 3.8) is 0 Å². The van der Waals surface area contributed by atoms with E-state index in [2.05, 4.69) is 15.2 Å². The first-order valence-electron chi connectivity index (χ1n) is 7.13. The lowest BCUT2D eigenvalue weighted by molar-refractivity contribution is 0.231. The quantitative estimate of drug-likeness (QED) is 0.733. The molecule has 0 unspecified atom stereocenters. The molecule has 1 aliphatic rings. The van der Waals surface area contributed by atoms with E-state index >= 15 is 0 Å². The van der Waals surface area contributed by atoms with Crippen LogP contribution in [-0.4, -0.2) is 33.6 Å². The van der Waals surface area contributed by atoms with Crippen molar-refractivity contribution in [2.75, 3.05) is 13.7 Å². The van der Waals surface area contributed by atoms with Crippen molar-refractivity contribution in [3.8, 4) is 34.5 Å². The molecule has 0 saturated heterocycles. The monoisotopic (exact) mass is 332 g/mol. The van der Waals surface area contributed by atoms with Crippen LogP contribution in [0.25, 0.3) is 22.8 Å². The first-order chi connectivity index (χ1) is 11.3. The summed E-state index contributed by atoms with van der Waals surface area (Å²) in [5.74, 6) is 1.92. The number of rotatable bonds is 3. The molecule has 1 aliphatic heterocycles. The molecule has 0 spiro atoms. The topological polar surface area (TPSA) is 75.2 Å². The maximum absolute atomic E-state index is 6.14. The van der Waals surface area contributed by atoms with Crippen molar-refractivity contribution >= 4 is 11.6 Å². The Morgan fingerprint density at radius 2 is 2.22 bits per heavy atom. The minimum absolute atomic E-state index is 0.352. The highest BCUT2D eigenvalue weighted by molar-refractivity contribution is 6.32. The van der Waals surface area contributed by atoms with E-state index in [-0.39, 0.29) is 0 Å². The van der Waals surface area contributed by atoms with Crippen LogP contribution >= 0.6 is 11.6 Å². The first-order valence-corrected chi connectivity index (χ1v) is 7.51. The lowest BCUT2D eigenvalue weighted by atomic mass is 10.2. The van der Waals surface area contributed by atoms with E-state index in [1.807, 2.05) is 6.07 Å². The average Bonchev–Trinajstić information content (AvgIpc) is 3.21. The number of nitrogens with zero attached hydrogens (tertiary/aromatic N) is 4. The molecule has 118 valence electrons. The smallest absolute Gasteiger partial charge is 0.265 e. The molecule has 0 amide bonds. The minimum Gasteiger partial charge on any atom is -0.494 e. The summed E-state index contributed by atoms with van der Waals surface area (Å²) in [5.41, 5.74) is 1.35. The van der Waals surface area contributed by atoms with E-state index in [9.17, 15) is 0 Å². The van der Waals surface area contributed by atoms with E-state index in [1.54, 1.807) is 30.1 Å². The second kappa shape index (κ2) is 5.58. The molecule has 7 nitrogen and oxygen atoms in total. The van der Waals surface area contributed by atoms with Crippen LogP contribution < -0.4 is 9.47 Å². The van der Waals surface area contributed by atoms with Gasteiger partial charge in [-0.1, -0.05) is 22.8 Å². The summed E-state index contributed by atoms with van der Waals surface area (Å²) in [6.45, 7) is 1.47. The zero-order chi connectivity index (χ0) is 15.8. The lowest BCUT2D eigenvalue weighted by Crippen LogP contribution is -2.14. The molecule has 0 N–H and O–H groups in total. The highest BCUT2D eigenvalue weighted by Gasteiger charge is 2.23. The van der Waals surface area contributed by atoms with Gasteiger partial charge >= 0.3 is 0 Å². The Bertz CT molecular complexity index is 858. The minimum atomic E-state index is 0.352. The number of ether oxygens (including phenoxy) is 2. The van der Waals surface area contributed by atoms with Gasteiger partial charge in [-0.25, -0.2) is 4.68 Å². The number of benzene rings is 1. The molecule has 3 heterocycles. The van der Waals surface area contributed by atoms with Crippen molar-refractivity contribution in [2.24, 2.45) is 0 Å². The Labute approximate surface area is 136 Å². The van der Waals surface area contributed by atoms with Gasteiger partial charge in [-0.05, 0) is 12.1 Å². The first kappa shape index (κ1) is 14.1. The van der Waals surface area contributed by atoms with E-state index < -0.39 is 0 Å². The normalized spacial score (nSPS) is 13.5. The van der Waals surface area contributed by atoms with Gasteiger partial charge in [-0.15, -0.1) is 0 Å². The highest BCUT2D eigenvalue weighted by Crippen LogP contribution is 2.37. The summed E-state index contributed by atoms with van der Waals surface area (Å²) >= 11 is 6.14. The Hall–Kier alpha value is -2.54. The lowest BCUT2D eigenvalue weighted by Gasteiger charge is -2.14. The summed E-state index contributed by atoms with van der Waals surface area (Å²) in [7, 11) is 1.55. The Balaban J connectivity index is 1.76. The number of hydrogen-bond acceptors (Lipinski definition) is 6. The summed E-state index contributed by atoms with van der Waals surface area (Å²) in [5, 5.41) is 8.79. The van der Waals surface area contributed by atoms with E-state index in [0.29, 0.717) is 46.1 Å². The van der Waals surface area contributed by atoms with Crippen molar-refractivity contribution in [3.05, 3.63) is 29.4 Å². The van der Waals surface area contributed by atoms with Gasteiger partial charge in [0.05, 0.1) is 30.5 Å². The van der Waals surface area contributed by atoms with Gasteiger partial charge in [0.2, 0.25) is 11.7 Å². The number of fused-ring (bicyclic) bond motifs is 1. The van der Waals surface area contributed by atoms with Crippen molar-refractivity contribution in [1.82, 2.24) is 19.9 Å². The van der Waals surface area contributed by atoms with Crippen LogP contribution in [0.5, 0.6) is 11.6 Å². The molecule has 3 aromatic rings. The molecule has 0 fully saturated rings. The number of para-hydroxylation sites is 1. The number of halogens is 1. The molecule has 0 atom stereocenters. The fourth-order valence-corrected chi connectivity index (χ4v) is 2.80. The Morgan fingerprint density at radius 1 is 1.30 bits per heavy atom. The Kier molecular flexibility index (Phi) is 3.42. The van der Waals surface area contributed by atoms with Gasteiger partial charge in [0.1, 0.15) is 11.3 Å². The molecular formula is C15H13ClN4O3. The van der Waals surface area contributed by atoms with Crippen LogP contribution in [0.4, 0.5) is 0 Å². The predicted octanol–water partition coefficient (Wildman–Crippen LogP) is 3.04. The SMILES string of the molecule is COc1c(Cl)cccc1-c1noc(-c2cnn3c2OCCC3)n1. The molecule has 8 heteroatoms. The average molecular weight is 333 g/mol. The van der Waals surface area contributed by atoms with Crippen LogP contribution in [0.1, 0.15) is 6.42 Å². The summed E-state index contributed by atoms with van der Waals surface area (Å²) in [4.78, 5) is 4.43. The molecule has 0 radical (unpaired) electrons. The van der Waals surface area contributed by atoms with Crippen molar-refractivity contribution in [1.29, 1.82) is 0 Å². The fraction of sp³-hybridized carbons (Fsp3) is 0.267. The Morgan fingerprint density at radius 3 is 3.09 bits per heavy atom. The second-order valence-corrected chi connectivity index (χ2v) is 5.44. The van der Waals surface area contributed by atoms with Crippen LogP contribution in [0.2, 0.25) is 5.02 Å². The molecular weight excluding hydrogens is 320 g/mol. The zero-order valence-electron chi connectivity index (χ0n) is 12.3. The van der Waals surface area contributed by atoms with Gasteiger partial charge in [0.15, 0.2) is 0 Å². The van der Waals surface area contributed by atoms with E-state index in [4.69, 9.17) is 25.6 Å². The molecule has 23 heavy (non-hydrogen) atoms. The summed E-state index contributed by atoms with van der Waals surface area (Å²) in [6, 6.07) is 5.37. The van der Waals surface area contributed by atoms with Gasteiger partial charge in [0.25, 0.3) is 5.89 Å². The number of methoxy groups -OCH3 is 1. The van der Waals surface area contributed by atoms with Gasteiger partial charge in [0, 0.05) is 13.0 Å². The van der Waals surface area contributed by atoms with Gasteiger partial charge < -0.3 is 14.0 Å². The fourth-order valence-electron chi connectivity index (χ4n) is 2.55. The highest BCUT2D eigenvalue weighted by atomic mass is 35.5. The number of aryl methyl sites for hydroxylation is 1. The summed E-state index contributed by atoms with van der Waals surface area (Å²) < 4.78 is 18.2. The third-order valence-corrected chi connectivity index (χ3v) is 3.91. The second-order valence-electron chi connectivity index (χ2n) is 5.03. The maximum atomic E-state index is 6.14. The van der Waals surface area contributed by atoms with Crippen LogP contribution in [0, 0.1) is 0 Å². The molecule has 4 rings (SSSR count). The van der Waals surface area contributed by atoms with Gasteiger partial charge in [-0.3, -0.25) is 0 Å². The standard InChI is InChI=1S/C15H13ClN4O3/c1-21-12-9(4-2-5-11(12)16)13-18-14(23-19-13)10-8-17-20-6-3-7-22-15(10)20/h2,4-5,8H,3,6-7H2,1H3. The van der Waals surface area contributed by atoms with E-state index in [0.717, 1.165) is 13.0 Å². The molecule has 0 aliphatic carbocycles.